The molecule has 3 aliphatic heterocycles. The van der Waals surface area contributed by atoms with Crippen LogP contribution in [0.5, 0.6) is 6.01 Å². The zero-order valence-corrected chi connectivity index (χ0v) is 27.5. The molecule has 246 valence electrons. The second-order valence-corrected chi connectivity index (χ2v) is 14.8. The molecule has 0 radical (unpaired) electrons. The SMILES string of the molecule is C[C@@H](O)CN1CC2CCC(C1)N2c1nc(OCC2(N(C)C)CC2)nc2c(F)c(-c3c(F)ccc4sc(N)c(C#N)c34)c3c(c12)COC3. The lowest BCUT2D eigenvalue weighted by Gasteiger charge is -2.42. The van der Waals surface area contributed by atoms with Gasteiger partial charge in [-0.05, 0) is 70.0 Å². The van der Waals surface area contributed by atoms with E-state index >= 15 is 8.78 Å². The van der Waals surface area contributed by atoms with Gasteiger partial charge in [-0.1, -0.05) is 0 Å². The van der Waals surface area contributed by atoms with Crippen molar-refractivity contribution in [2.24, 2.45) is 0 Å². The molecule has 1 aliphatic carbocycles. The number of anilines is 2. The van der Waals surface area contributed by atoms with Crippen LogP contribution in [0.4, 0.5) is 19.6 Å². The van der Waals surface area contributed by atoms with Gasteiger partial charge in [-0.2, -0.15) is 15.2 Å². The molecule has 10 nitrogen and oxygen atoms in total. The number of nitrogens with two attached hydrogens (primary N) is 1. The van der Waals surface area contributed by atoms with Gasteiger partial charge in [0.2, 0.25) is 0 Å². The van der Waals surface area contributed by atoms with Gasteiger partial charge in [0.15, 0.2) is 5.82 Å². The number of nitrogen functional groups attached to an aromatic ring is 1. The Kier molecular flexibility index (Phi) is 7.31. The van der Waals surface area contributed by atoms with Crippen molar-refractivity contribution in [3.63, 3.8) is 0 Å². The zero-order chi connectivity index (χ0) is 32.8. The van der Waals surface area contributed by atoms with Crippen molar-refractivity contribution in [3.8, 4) is 23.2 Å². The number of nitriles is 1. The van der Waals surface area contributed by atoms with Gasteiger partial charge >= 0.3 is 6.01 Å². The smallest absolute Gasteiger partial charge is 0.319 e. The molecule has 0 amide bonds. The summed E-state index contributed by atoms with van der Waals surface area (Å²) in [5.74, 6) is -0.752. The third kappa shape index (κ3) is 4.84. The van der Waals surface area contributed by atoms with Crippen LogP contribution in [0.15, 0.2) is 12.1 Å². The molecule has 3 fully saturated rings. The highest BCUT2D eigenvalue weighted by Crippen LogP contribution is 2.49. The van der Waals surface area contributed by atoms with Crippen LogP contribution in [-0.4, -0.2) is 88.9 Å². The maximum absolute atomic E-state index is 17.4. The highest BCUT2D eigenvalue weighted by Gasteiger charge is 2.47. The van der Waals surface area contributed by atoms with Crippen molar-refractivity contribution in [1.82, 2.24) is 19.8 Å². The van der Waals surface area contributed by atoms with Crippen LogP contribution in [0.1, 0.15) is 49.3 Å². The Morgan fingerprint density at radius 2 is 1.87 bits per heavy atom. The van der Waals surface area contributed by atoms with Crippen molar-refractivity contribution in [2.45, 2.75) is 69.5 Å². The first-order valence-corrected chi connectivity index (χ1v) is 16.9. The fraction of sp³-hybridized carbons (Fsp3) is 0.500. The third-order valence-electron chi connectivity index (χ3n) is 10.5. The average molecular weight is 662 g/mol. The summed E-state index contributed by atoms with van der Waals surface area (Å²) >= 11 is 1.17. The number of aliphatic hydroxyl groups is 1. The maximum atomic E-state index is 17.4. The fourth-order valence-corrected chi connectivity index (χ4v) is 8.90. The van der Waals surface area contributed by atoms with Crippen molar-refractivity contribution < 1.29 is 23.4 Å². The summed E-state index contributed by atoms with van der Waals surface area (Å²) in [4.78, 5) is 16.4. The Balaban J connectivity index is 1.35. The molecular formula is C34H37F2N7O3S. The van der Waals surface area contributed by atoms with Gasteiger partial charge < -0.3 is 30.1 Å². The van der Waals surface area contributed by atoms with Crippen LogP contribution in [0.25, 0.3) is 32.1 Å². The molecule has 4 aromatic rings. The first-order valence-electron chi connectivity index (χ1n) is 16.1. The lowest BCUT2D eigenvalue weighted by molar-refractivity contribution is 0.111. The van der Waals surface area contributed by atoms with Crippen LogP contribution in [0.2, 0.25) is 0 Å². The Bertz CT molecular complexity index is 1960. The minimum absolute atomic E-state index is 0.00729. The number of hydrogen-bond donors (Lipinski definition) is 2. The number of nitrogens with zero attached hydrogens (tertiary/aromatic N) is 6. The maximum Gasteiger partial charge on any atom is 0.319 e. The normalized spacial score (nSPS) is 22.3. The Hall–Kier alpha value is -3.67. The first kappa shape index (κ1) is 30.7. The molecule has 5 heterocycles. The van der Waals surface area contributed by atoms with Crippen molar-refractivity contribution in [1.29, 1.82) is 5.26 Å². The molecule has 8 rings (SSSR count). The quantitative estimate of drug-likeness (QED) is 0.273. The van der Waals surface area contributed by atoms with Crippen LogP contribution in [-0.2, 0) is 18.0 Å². The van der Waals surface area contributed by atoms with E-state index in [2.05, 4.69) is 20.8 Å². The van der Waals surface area contributed by atoms with Gasteiger partial charge in [-0.15, -0.1) is 11.3 Å². The van der Waals surface area contributed by atoms with Gasteiger partial charge in [-0.25, -0.2) is 8.78 Å². The molecule has 2 aromatic heterocycles. The highest BCUT2D eigenvalue weighted by atomic mass is 32.1. The van der Waals surface area contributed by atoms with E-state index in [9.17, 15) is 10.4 Å². The average Bonchev–Trinajstić information content (AvgIpc) is 3.43. The zero-order valence-electron chi connectivity index (χ0n) is 26.6. The Morgan fingerprint density at radius 3 is 2.53 bits per heavy atom. The van der Waals surface area contributed by atoms with Gasteiger partial charge in [0.05, 0.1) is 35.8 Å². The van der Waals surface area contributed by atoms with E-state index in [-0.39, 0.29) is 64.1 Å². The number of benzene rings is 2. The standard InChI is InChI=1S/C34H37F2N7O3S/c1-17(44)11-42-12-18-4-5-19(13-42)43(18)32-27-22-15-45-14-21(22)26(28-23(35)6-7-24-25(28)20(10-37)31(38)47-24)29(36)30(27)39-33(40-32)46-16-34(8-9-34)41(2)3/h6-7,17-19,44H,4-5,8-9,11-16,38H2,1-3H3/t17-,18?,19?/m1/s1. The molecule has 13 heteroatoms. The number of aromatic nitrogens is 2. The number of piperazine rings is 1. The Labute approximate surface area is 275 Å². The van der Waals surface area contributed by atoms with Gasteiger partial charge in [-0.3, -0.25) is 4.90 Å². The molecule has 3 atom stereocenters. The molecule has 2 saturated heterocycles. The number of aliphatic hydroxyl groups excluding tert-OH is 1. The number of hydrogen-bond acceptors (Lipinski definition) is 11. The van der Waals surface area contributed by atoms with Crippen LogP contribution in [0.3, 0.4) is 0 Å². The highest BCUT2D eigenvalue weighted by molar-refractivity contribution is 7.23. The summed E-state index contributed by atoms with van der Waals surface area (Å²) in [6, 6.07) is 5.26. The van der Waals surface area contributed by atoms with Crippen LogP contribution >= 0.6 is 11.3 Å². The molecule has 1 saturated carbocycles. The molecule has 2 bridgehead atoms. The summed E-state index contributed by atoms with van der Waals surface area (Å²) in [5.41, 5.74) is 7.50. The van der Waals surface area contributed by atoms with E-state index in [1.165, 1.54) is 17.4 Å². The minimum Gasteiger partial charge on any atom is -0.461 e. The predicted molar refractivity (Wildman–Crippen MR) is 176 cm³/mol. The van der Waals surface area contributed by atoms with Crippen molar-refractivity contribution in [3.05, 3.63) is 40.5 Å². The Morgan fingerprint density at radius 1 is 1.15 bits per heavy atom. The summed E-state index contributed by atoms with van der Waals surface area (Å²) in [7, 11) is 4.04. The van der Waals surface area contributed by atoms with Crippen molar-refractivity contribution >= 4 is 43.1 Å². The second-order valence-electron chi connectivity index (χ2n) is 13.7. The third-order valence-corrected chi connectivity index (χ3v) is 11.5. The van der Waals surface area contributed by atoms with E-state index < -0.39 is 17.7 Å². The second kappa shape index (κ2) is 11.2. The van der Waals surface area contributed by atoms with Crippen molar-refractivity contribution in [2.75, 3.05) is 51.0 Å². The van der Waals surface area contributed by atoms with Gasteiger partial charge in [0, 0.05) is 52.9 Å². The van der Waals surface area contributed by atoms with E-state index in [1.54, 1.807) is 13.0 Å². The summed E-state index contributed by atoms with van der Waals surface area (Å²) < 4.78 is 46.2. The van der Waals surface area contributed by atoms with Crippen LogP contribution in [0, 0.1) is 23.0 Å². The number of ether oxygens (including phenoxy) is 2. The lowest BCUT2D eigenvalue weighted by Crippen LogP contribution is -2.55. The number of halogens is 2. The fourth-order valence-electron chi connectivity index (χ4n) is 7.97. The molecule has 0 spiro atoms. The first-order chi connectivity index (χ1) is 22.6. The van der Waals surface area contributed by atoms with E-state index in [0.717, 1.165) is 38.8 Å². The minimum atomic E-state index is -0.702. The number of rotatable bonds is 8. The van der Waals surface area contributed by atoms with Crippen LogP contribution < -0.4 is 15.4 Å². The van der Waals surface area contributed by atoms with E-state index in [1.807, 2.05) is 14.1 Å². The lowest BCUT2D eigenvalue weighted by atomic mass is 9.90. The number of likely N-dealkylation sites (tertiary alicyclic amines) is 1. The monoisotopic (exact) mass is 661 g/mol. The molecule has 3 N–H and O–H groups in total. The number of fused-ring (bicyclic) bond motifs is 6. The topological polar surface area (TPSA) is 124 Å². The van der Waals surface area contributed by atoms with Gasteiger partial charge in [0.1, 0.15) is 34.8 Å². The molecular weight excluding hydrogens is 624 g/mol. The number of likely N-dealkylation sites (N-methyl/N-ethyl adjacent to an activating group) is 1. The number of β-amino-alcohol motifs (C(OH)–C–C–N with tert-alkyl or cyclic N) is 1. The largest absolute Gasteiger partial charge is 0.461 e. The number of thiophene rings is 1. The van der Waals surface area contributed by atoms with E-state index in [0.29, 0.717) is 45.6 Å². The summed E-state index contributed by atoms with van der Waals surface area (Å²) in [5, 5.41) is 21.2. The van der Waals surface area contributed by atoms with E-state index in [4.69, 9.17) is 25.2 Å². The molecule has 4 aliphatic rings. The summed E-state index contributed by atoms with van der Waals surface area (Å²) in [6.07, 6.45) is 3.40. The predicted octanol–water partition coefficient (Wildman–Crippen LogP) is 4.78. The molecule has 2 aromatic carbocycles. The molecule has 47 heavy (non-hydrogen) atoms. The molecule has 2 unspecified atom stereocenters. The van der Waals surface area contributed by atoms with Gasteiger partial charge in [0.25, 0.3) is 0 Å². The summed E-state index contributed by atoms with van der Waals surface area (Å²) in [6.45, 7) is 4.50.